The summed E-state index contributed by atoms with van der Waals surface area (Å²) in [6.07, 6.45) is -0.571. The number of hydroxylamine groups is 2. The number of rotatable bonds is 4. The lowest BCUT2D eigenvalue weighted by Crippen LogP contribution is -2.38. The number of imide groups is 1. The highest BCUT2D eigenvalue weighted by atomic mass is 35.5. The first-order valence-electron chi connectivity index (χ1n) is 7.14. The molecule has 0 saturated carbocycles. The molecule has 0 aromatic heterocycles. The largest absolute Gasteiger partial charge is 0.322 e. The van der Waals surface area contributed by atoms with Crippen LogP contribution in [-0.4, -0.2) is 23.0 Å². The number of hydrogen-bond donors (Lipinski definition) is 1. The lowest BCUT2D eigenvalue weighted by Gasteiger charge is -2.24. The fourth-order valence-electron chi connectivity index (χ4n) is 2.45. The van der Waals surface area contributed by atoms with Gasteiger partial charge in [0.1, 0.15) is 6.10 Å². The van der Waals surface area contributed by atoms with E-state index in [2.05, 4.69) is 0 Å². The Kier molecular flexibility index (Phi) is 4.17. The zero-order valence-corrected chi connectivity index (χ0v) is 13.2. The second-order valence-electron chi connectivity index (χ2n) is 5.34. The fraction of sp³-hybridized carbons (Fsp3) is 0.176. The topological polar surface area (TPSA) is 72.6 Å². The van der Waals surface area contributed by atoms with E-state index in [4.69, 9.17) is 22.2 Å². The smallest absolute Gasteiger partial charge is 0.285 e. The Morgan fingerprint density at radius 2 is 1.52 bits per heavy atom. The highest BCUT2D eigenvalue weighted by molar-refractivity contribution is 6.30. The first-order chi connectivity index (χ1) is 11.0. The molecular weight excluding hydrogens is 316 g/mol. The molecular formula is C17H15ClN2O3. The van der Waals surface area contributed by atoms with Crippen molar-refractivity contribution in [2.75, 3.05) is 0 Å². The van der Waals surface area contributed by atoms with Gasteiger partial charge >= 0.3 is 0 Å². The Labute approximate surface area is 138 Å². The molecule has 0 radical (unpaired) electrons. The van der Waals surface area contributed by atoms with Gasteiger partial charge in [-0.1, -0.05) is 35.9 Å². The van der Waals surface area contributed by atoms with Crippen molar-refractivity contribution in [2.24, 2.45) is 5.73 Å². The minimum absolute atomic E-state index is 0.338. The van der Waals surface area contributed by atoms with Crippen molar-refractivity contribution in [3.63, 3.8) is 0 Å². The van der Waals surface area contributed by atoms with Crippen molar-refractivity contribution in [3.8, 4) is 0 Å². The summed E-state index contributed by atoms with van der Waals surface area (Å²) in [6.45, 7) is 1.71. The predicted molar refractivity (Wildman–Crippen MR) is 85.9 cm³/mol. The molecule has 0 aliphatic carbocycles. The van der Waals surface area contributed by atoms with E-state index < -0.39 is 24.0 Å². The minimum atomic E-state index is -0.571. The van der Waals surface area contributed by atoms with Crippen LogP contribution in [0.5, 0.6) is 0 Å². The summed E-state index contributed by atoms with van der Waals surface area (Å²) in [6, 6.07) is 13.1. The molecule has 5 nitrogen and oxygen atoms in total. The molecule has 1 aliphatic heterocycles. The van der Waals surface area contributed by atoms with Crippen LogP contribution in [0.1, 0.15) is 39.2 Å². The molecule has 0 fully saturated rings. The number of nitrogens with zero attached hydrogens (tertiary/aromatic N) is 1. The summed E-state index contributed by atoms with van der Waals surface area (Å²) in [5.74, 6) is -0.943. The molecule has 23 heavy (non-hydrogen) atoms. The number of amides is 2. The van der Waals surface area contributed by atoms with E-state index in [1.807, 2.05) is 0 Å². The van der Waals surface area contributed by atoms with Crippen LogP contribution in [0.3, 0.4) is 0 Å². The van der Waals surface area contributed by atoms with Gasteiger partial charge in [0.2, 0.25) is 0 Å². The van der Waals surface area contributed by atoms with Crippen LogP contribution in [0.4, 0.5) is 0 Å². The van der Waals surface area contributed by atoms with Crippen LogP contribution in [0.15, 0.2) is 48.5 Å². The van der Waals surface area contributed by atoms with E-state index in [1.165, 1.54) is 0 Å². The third kappa shape index (κ3) is 2.86. The molecule has 6 heteroatoms. The summed E-state index contributed by atoms with van der Waals surface area (Å²) in [4.78, 5) is 30.1. The zero-order valence-electron chi connectivity index (χ0n) is 12.4. The van der Waals surface area contributed by atoms with E-state index in [-0.39, 0.29) is 0 Å². The molecule has 0 spiro atoms. The van der Waals surface area contributed by atoms with Crippen molar-refractivity contribution >= 4 is 23.4 Å². The van der Waals surface area contributed by atoms with Gasteiger partial charge in [-0.2, -0.15) is 0 Å². The molecule has 1 heterocycles. The number of nitrogens with two attached hydrogens (primary N) is 1. The van der Waals surface area contributed by atoms with Crippen LogP contribution in [0.25, 0.3) is 0 Å². The predicted octanol–water partition coefficient (Wildman–Crippen LogP) is 2.96. The molecule has 2 aromatic rings. The third-order valence-corrected chi connectivity index (χ3v) is 4.04. The maximum atomic E-state index is 12.3. The average Bonchev–Trinajstić information content (AvgIpc) is 2.80. The third-order valence-electron chi connectivity index (χ3n) is 3.79. The Morgan fingerprint density at radius 3 is 2.04 bits per heavy atom. The van der Waals surface area contributed by atoms with E-state index >= 15 is 0 Å². The molecule has 3 rings (SSSR count). The number of halogens is 1. The number of hydrogen-bond acceptors (Lipinski definition) is 4. The molecule has 2 aromatic carbocycles. The standard InChI is InChI=1S/C17H15ClN2O3/c1-10(15(19)11-6-8-12(18)9-7-11)23-20-16(21)13-4-2-3-5-14(13)17(20)22/h2-10,15H,19H2,1H3. The van der Waals surface area contributed by atoms with Crippen LogP contribution in [-0.2, 0) is 4.84 Å². The van der Waals surface area contributed by atoms with Crippen LogP contribution < -0.4 is 5.73 Å². The Morgan fingerprint density at radius 1 is 1.00 bits per heavy atom. The van der Waals surface area contributed by atoms with Crippen LogP contribution in [0.2, 0.25) is 5.02 Å². The molecule has 2 N–H and O–H groups in total. The molecule has 0 bridgehead atoms. The van der Waals surface area contributed by atoms with Crippen molar-refractivity contribution in [3.05, 3.63) is 70.2 Å². The van der Waals surface area contributed by atoms with Crippen molar-refractivity contribution in [1.29, 1.82) is 0 Å². The van der Waals surface area contributed by atoms with E-state index in [0.29, 0.717) is 16.1 Å². The second kappa shape index (κ2) is 6.12. The van der Waals surface area contributed by atoms with Gasteiger partial charge in [-0.05, 0) is 36.8 Å². The number of fused-ring (bicyclic) bond motifs is 1. The molecule has 118 valence electrons. The van der Waals surface area contributed by atoms with E-state index in [9.17, 15) is 9.59 Å². The fourth-order valence-corrected chi connectivity index (χ4v) is 2.58. The molecule has 2 unspecified atom stereocenters. The molecule has 2 atom stereocenters. The van der Waals surface area contributed by atoms with Gasteiger partial charge in [-0.15, -0.1) is 5.06 Å². The van der Waals surface area contributed by atoms with Gasteiger partial charge in [0.25, 0.3) is 11.8 Å². The number of carbonyl (C=O) groups is 2. The highest BCUT2D eigenvalue weighted by Crippen LogP contribution is 2.26. The SMILES string of the molecule is CC(ON1C(=O)c2ccccc2C1=O)C(N)c1ccc(Cl)cc1. The summed E-state index contributed by atoms with van der Waals surface area (Å²) in [5.41, 5.74) is 7.62. The summed E-state index contributed by atoms with van der Waals surface area (Å²) in [7, 11) is 0. The highest BCUT2D eigenvalue weighted by Gasteiger charge is 2.38. The van der Waals surface area contributed by atoms with Gasteiger partial charge in [-0.25, -0.2) is 0 Å². The van der Waals surface area contributed by atoms with Crippen molar-refractivity contribution in [1.82, 2.24) is 5.06 Å². The Hall–Kier alpha value is -2.21. The van der Waals surface area contributed by atoms with Gasteiger partial charge in [0.05, 0.1) is 17.2 Å². The average molecular weight is 331 g/mol. The molecule has 0 saturated heterocycles. The second-order valence-corrected chi connectivity index (χ2v) is 5.77. The molecule has 1 aliphatic rings. The first kappa shape index (κ1) is 15.7. The zero-order chi connectivity index (χ0) is 16.6. The Balaban J connectivity index is 1.76. The number of benzene rings is 2. The van der Waals surface area contributed by atoms with Gasteiger partial charge in [0, 0.05) is 5.02 Å². The van der Waals surface area contributed by atoms with E-state index in [0.717, 1.165) is 10.6 Å². The number of carbonyl (C=O) groups excluding carboxylic acids is 2. The first-order valence-corrected chi connectivity index (χ1v) is 7.52. The maximum absolute atomic E-state index is 12.3. The molecule has 2 amide bonds. The van der Waals surface area contributed by atoms with Crippen LogP contribution >= 0.6 is 11.6 Å². The van der Waals surface area contributed by atoms with Crippen molar-refractivity contribution < 1.29 is 14.4 Å². The maximum Gasteiger partial charge on any atom is 0.285 e. The monoisotopic (exact) mass is 330 g/mol. The van der Waals surface area contributed by atoms with E-state index in [1.54, 1.807) is 55.5 Å². The lowest BCUT2D eigenvalue weighted by atomic mass is 10.0. The summed E-state index contributed by atoms with van der Waals surface area (Å²) < 4.78 is 0. The summed E-state index contributed by atoms with van der Waals surface area (Å²) in [5, 5.41) is 1.39. The van der Waals surface area contributed by atoms with Crippen LogP contribution in [0, 0.1) is 0 Å². The van der Waals surface area contributed by atoms with Gasteiger partial charge in [0.15, 0.2) is 0 Å². The quantitative estimate of drug-likeness (QED) is 0.875. The van der Waals surface area contributed by atoms with Gasteiger partial charge < -0.3 is 5.73 Å². The van der Waals surface area contributed by atoms with Crippen molar-refractivity contribution in [2.45, 2.75) is 19.1 Å². The summed E-state index contributed by atoms with van der Waals surface area (Å²) >= 11 is 5.85. The lowest BCUT2D eigenvalue weighted by molar-refractivity contribution is -0.133. The normalized spacial score (nSPS) is 16.4. The Bertz CT molecular complexity index is 726. The minimum Gasteiger partial charge on any atom is -0.322 e. The van der Waals surface area contributed by atoms with Gasteiger partial charge in [-0.3, -0.25) is 14.4 Å².